The van der Waals surface area contributed by atoms with Gasteiger partial charge in [0.1, 0.15) is 0 Å². The van der Waals surface area contributed by atoms with Gasteiger partial charge in [0.15, 0.2) is 0 Å². The summed E-state index contributed by atoms with van der Waals surface area (Å²) in [5.41, 5.74) is 0. The van der Waals surface area contributed by atoms with Crippen LogP contribution in [0.3, 0.4) is 0 Å². The van der Waals surface area contributed by atoms with E-state index in [1.165, 1.54) is 6.42 Å². The van der Waals surface area contributed by atoms with Crippen LogP contribution in [0.15, 0.2) is 0 Å². The first kappa shape index (κ1) is 12.0. The van der Waals surface area contributed by atoms with E-state index in [4.69, 9.17) is 0 Å². The van der Waals surface area contributed by atoms with E-state index in [9.17, 15) is 5.11 Å². The van der Waals surface area contributed by atoms with Gasteiger partial charge in [-0.2, -0.15) is 0 Å². The van der Waals surface area contributed by atoms with Gasteiger partial charge >= 0.3 is 0 Å². The first-order valence-corrected chi connectivity index (χ1v) is 5.70. The molecule has 0 saturated carbocycles. The van der Waals surface area contributed by atoms with Gasteiger partial charge in [-0.15, -0.1) is 0 Å². The molecule has 1 aliphatic rings. The molecule has 2 atom stereocenters. The zero-order valence-electron chi connectivity index (χ0n) is 9.66. The second-order valence-electron chi connectivity index (χ2n) is 4.78. The lowest BCUT2D eigenvalue weighted by molar-refractivity contribution is 0.150. The van der Waals surface area contributed by atoms with Crippen molar-refractivity contribution in [1.82, 2.24) is 10.2 Å². The van der Waals surface area contributed by atoms with Gasteiger partial charge < -0.3 is 10.4 Å². The van der Waals surface area contributed by atoms with Crippen LogP contribution in [0.4, 0.5) is 0 Å². The summed E-state index contributed by atoms with van der Waals surface area (Å²) < 4.78 is 0. The molecular weight excluding hydrogens is 176 g/mol. The summed E-state index contributed by atoms with van der Waals surface area (Å²) in [6.45, 7) is 7.47. The van der Waals surface area contributed by atoms with Gasteiger partial charge in [0, 0.05) is 25.7 Å². The quantitative estimate of drug-likeness (QED) is 0.685. The van der Waals surface area contributed by atoms with Crippen LogP contribution in [-0.4, -0.2) is 48.8 Å². The Morgan fingerprint density at radius 2 is 2.21 bits per heavy atom. The number of hydrogen-bond donors (Lipinski definition) is 2. The molecular formula is C11H24N2O. The van der Waals surface area contributed by atoms with Crippen molar-refractivity contribution in [3.05, 3.63) is 0 Å². The van der Waals surface area contributed by atoms with Gasteiger partial charge in [0.25, 0.3) is 0 Å². The van der Waals surface area contributed by atoms with Gasteiger partial charge in [0.05, 0.1) is 6.10 Å². The third kappa shape index (κ3) is 3.56. The van der Waals surface area contributed by atoms with Crippen molar-refractivity contribution in [2.45, 2.75) is 38.8 Å². The number of aliphatic hydroxyl groups is 1. The second kappa shape index (κ2) is 5.69. The monoisotopic (exact) mass is 200 g/mol. The van der Waals surface area contributed by atoms with Crippen LogP contribution in [0.1, 0.15) is 26.7 Å². The number of likely N-dealkylation sites (tertiary alicyclic amines) is 1. The number of aliphatic hydroxyl groups excluding tert-OH is 1. The van der Waals surface area contributed by atoms with Gasteiger partial charge in [-0.05, 0) is 25.8 Å². The topological polar surface area (TPSA) is 35.5 Å². The molecule has 0 amide bonds. The molecule has 1 aliphatic heterocycles. The molecule has 14 heavy (non-hydrogen) atoms. The minimum absolute atomic E-state index is 0.0958. The van der Waals surface area contributed by atoms with Crippen molar-refractivity contribution < 1.29 is 5.11 Å². The first-order valence-electron chi connectivity index (χ1n) is 5.70. The molecule has 1 saturated heterocycles. The van der Waals surface area contributed by atoms with Crippen LogP contribution in [0.2, 0.25) is 0 Å². The lowest BCUT2D eigenvalue weighted by Crippen LogP contribution is -2.41. The summed E-state index contributed by atoms with van der Waals surface area (Å²) in [6, 6.07) is 0.595. The number of hydrogen-bond acceptors (Lipinski definition) is 3. The summed E-state index contributed by atoms with van der Waals surface area (Å²) >= 11 is 0. The summed E-state index contributed by atoms with van der Waals surface area (Å²) in [6.07, 6.45) is 2.06. The number of rotatable bonds is 5. The molecule has 1 heterocycles. The predicted octanol–water partition coefficient (Wildman–Crippen LogP) is 0.687. The molecule has 0 aromatic heterocycles. The van der Waals surface area contributed by atoms with Crippen molar-refractivity contribution in [1.29, 1.82) is 0 Å². The third-order valence-electron chi connectivity index (χ3n) is 2.89. The molecule has 0 aromatic rings. The lowest BCUT2D eigenvalue weighted by atomic mass is 10.0. The van der Waals surface area contributed by atoms with Crippen molar-refractivity contribution in [3.8, 4) is 0 Å². The van der Waals surface area contributed by atoms with Gasteiger partial charge in [0.2, 0.25) is 0 Å². The highest BCUT2D eigenvalue weighted by Gasteiger charge is 2.26. The maximum atomic E-state index is 9.49. The molecule has 2 N–H and O–H groups in total. The third-order valence-corrected chi connectivity index (χ3v) is 2.89. The Morgan fingerprint density at radius 3 is 2.64 bits per heavy atom. The van der Waals surface area contributed by atoms with E-state index in [1.807, 2.05) is 7.05 Å². The molecule has 0 aromatic carbocycles. The van der Waals surface area contributed by atoms with E-state index in [2.05, 4.69) is 24.1 Å². The maximum Gasteiger partial charge on any atom is 0.0679 e. The molecule has 1 rings (SSSR count). The molecule has 3 heteroatoms. The van der Waals surface area contributed by atoms with E-state index < -0.39 is 0 Å². The van der Waals surface area contributed by atoms with E-state index in [0.717, 1.165) is 32.0 Å². The molecule has 1 fully saturated rings. The fourth-order valence-electron chi connectivity index (χ4n) is 2.24. The molecule has 2 unspecified atom stereocenters. The van der Waals surface area contributed by atoms with Crippen molar-refractivity contribution in [3.63, 3.8) is 0 Å². The van der Waals surface area contributed by atoms with Crippen LogP contribution in [0, 0.1) is 5.92 Å². The van der Waals surface area contributed by atoms with E-state index in [0.29, 0.717) is 6.04 Å². The van der Waals surface area contributed by atoms with E-state index in [-0.39, 0.29) is 6.10 Å². The van der Waals surface area contributed by atoms with Gasteiger partial charge in [-0.1, -0.05) is 13.8 Å². The molecule has 0 aliphatic carbocycles. The van der Waals surface area contributed by atoms with E-state index >= 15 is 0 Å². The second-order valence-corrected chi connectivity index (χ2v) is 4.78. The number of nitrogens with one attached hydrogen (secondary N) is 1. The van der Waals surface area contributed by atoms with Crippen LogP contribution < -0.4 is 5.32 Å². The average Bonchev–Trinajstić information content (AvgIpc) is 2.50. The Labute approximate surface area is 87.5 Å². The summed E-state index contributed by atoms with van der Waals surface area (Å²) in [7, 11) is 2.00. The van der Waals surface area contributed by atoms with Gasteiger partial charge in [-0.3, -0.25) is 4.90 Å². The van der Waals surface area contributed by atoms with Gasteiger partial charge in [-0.25, -0.2) is 0 Å². The Bertz CT molecular complexity index is 161. The standard InChI is InChI=1S/C11H24N2O/c1-9(2)6-10(7-12-3)13-5-4-11(14)8-13/h9-12,14H,4-8H2,1-3H3. The minimum atomic E-state index is -0.0958. The summed E-state index contributed by atoms with van der Waals surface area (Å²) in [5, 5.41) is 12.7. The SMILES string of the molecule is CNCC(CC(C)C)N1CCC(O)C1. The Hall–Kier alpha value is -0.120. The molecule has 0 spiro atoms. The number of β-amino-alcohol motifs (C(OH)–C–C–N with tert-alkyl or cyclic N) is 1. The van der Waals surface area contributed by atoms with Crippen molar-refractivity contribution in [2.75, 3.05) is 26.7 Å². The number of likely N-dealkylation sites (N-methyl/N-ethyl adjacent to an activating group) is 1. The Kier molecular flexibility index (Phi) is 4.85. The van der Waals surface area contributed by atoms with Crippen LogP contribution in [-0.2, 0) is 0 Å². The maximum absolute atomic E-state index is 9.49. The zero-order valence-corrected chi connectivity index (χ0v) is 9.66. The summed E-state index contributed by atoms with van der Waals surface area (Å²) in [5.74, 6) is 0.728. The Balaban J connectivity index is 2.41. The average molecular weight is 200 g/mol. The molecule has 3 nitrogen and oxygen atoms in total. The fraction of sp³-hybridized carbons (Fsp3) is 1.00. The van der Waals surface area contributed by atoms with Crippen LogP contribution >= 0.6 is 0 Å². The molecule has 0 bridgehead atoms. The largest absolute Gasteiger partial charge is 0.392 e. The Morgan fingerprint density at radius 1 is 1.50 bits per heavy atom. The first-order chi connectivity index (χ1) is 6.63. The summed E-state index contributed by atoms with van der Waals surface area (Å²) in [4.78, 5) is 2.42. The van der Waals surface area contributed by atoms with Crippen molar-refractivity contribution in [2.24, 2.45) is 5.92 Å². The molecule has 0 radical (unpaired) electrons. The van der Waals surface area contributed by atoms with Crippen LogP contribution in [0.25, 0.3) is 0 Å². The normalized spacial score (nSPS) is 25.9. The smallest absolute Gasteiger partial charge is 0.0679 e. The molecule has 84 valence electrons. The van der Waals surface area contributed by atoms with Crippen LogP contribution in [0.5, 0.6) is 0 Å². The highest BCUT2D eigenvalue weighted by atomic mass is 16.3. The minimum Gasteiger partial charge on any atom is -0.392 e. The lowest BCUT2D eigenvalue weighted by Gasteiger charge is -2.28. The van der Waals surface area contributed by atoms with E-state index in [1.54, 1.807) is 0 Å². The highest BCUT2D eigenvalue weighted by molar-refractivity contribution is 4.82. The highest BCUT2D eigenvalue weighted by Crippen LogP contribution is 2.17. The fourth-order valence-corrected chi connectivity index (χ4v) is 2.24. The number of nitrogens with zero attached hydrogens (tertiary/aromatic N) is 1. The van der Waals surface area contributed by atoms with Crippen molar-refractivity contribution >= 4 is 0 Å². The zero-order chi connectivity index (χ0) is 10.6. The predicted molar refractivity (Wildman–Crippen MR) is 59.4 cm³/mol.